The van der Waals surface area contributed by atoms with E-state index < -0.39 is 29.3 Å². The number of carbonyl (C=O) groups excluding carboxylic acids is 1. The maximum atomic E-state index is 13.7. The number of halogens is 4. The maximum Gasteiger partial charge on any atom is 0.435 e. The Balaban J connectivity index is 1.57. The number of aryl methyl sites for hydroxylation is 1. The van der Waals surface area contributed by atoms with E-state index in [9.17, 15) is 22.4 Å². The fourth-order valence-corrected chi connectivity index (χ4v) is 3.10. The highest BCUT2D eigenvalue weighted by molar-refractivity contribution is 6.03. The van der Waals surface area contributed by atoms with Crippen molar-refractivity contribution >= 4 is 11.6 Å². The number of benzene rings is 2. The van der Waals surface area contributed by atoms with Gasteiger partial charge in [-0.2, -0.15) is 13.2 Å². The van der Waals surface area contributed by atoms with E-state index in [-0.39, 0.29) is 5.69 Å². The van der Waals surface area contributed by atoms with Crippen LogP contribution in [-0.2, 0) is 12.7 Å². The molecule has 11 heteroatoms. The lowest BCUT2D eigenvalue weighted by Gasteiger charge is -2.11. The quantitative estimate of drug-likeness (QED) is 0.468. The van der Waals surface area contributed by atoms with Crippen molar-refractivity contribution in [3.05, 3.63) is 89.5 Å². The Labute approximate surface area is 179 Å². The molecule has 32 heavy (non-hydrogen) atoms. The van der Waals surface area contributed by atoms with E-state index in [0.717, 1.165) is 35.7 Å². The number of alkyl halides is 3. The van der Waals surface area contributed by atoms with E-state index in [4.69, 9.17) is 0 Å². The summed E-state index contributed by atoms with van der Waals surface area (Å²) in [5.41, 5.74) is -1.11. The highest BCUT2D eigenvalue weighted by atomic mass is 19.4. The number of carbonyl (C=O) groups is 1. The monoisotopic (exact) mass is 444 g/mol. The van der Waals surface area contributed by atoms with E-state index >= 15 is 0 Å². The summed E-state index contributed by atoms with van der Waals surface area (Å²) in [5.74, 6) is -0.845. The third kappa shape index (κ3) is 4.36. The van der Waals surface area contributed by atoms with Crippen LogP contribution in [0.15, 0.2) is 60.9 Å². The van der Waals surface area contributed by atoms with Crippen molar-refractivity contribution in [2.24, 2.45) is 0 Å². The van der Waals surface area contributed by atoms with Gasteiger partial charge in [-0.15, -0.1) is 5.10 Å². The van der Waals surface area contributed by atoms with E-state index in [0.29, 0.717) is 16.9 Å². The van der Waals surface area contributed by atoms with Crippen LogP contribution in [0.5, 0.6) is 0 Å². The summed E-state index contributed by atoms with van der Waals surface area (Å²) in [4.78, 5) is 16.7. The molecule has 0 unspecified atom stereocenters. The first-order valence-corrected chi connectivity index (χ1v) is 9.39. The van der Waals surface area contributed by atoms with Gasteiger partial charge in [0.1, 0.15) is 11.6 Å². The SMILES string of the molecule is Cc1nccn1Cc1ccc(NC(=O)c2nnn(-c3ccc(F)cc3)c2C(F)(F)F)cc1. The van der Waals surface area contributed by atoms with E-state index in [1.54, 1.807) is 30.5 Å². The minimum atomic E-state index is -4.92. The summed E-state index contributed by atoms with van der Waals surface area (Å²) < 4.78 is 56.7. The van der Waals surface area contributed by atoms with Crippen LogP contribution >= 0.6 is 0 Å². The van der Waals surface area contributed by atoms with E-state index in [2.05, 4.69) is 20.6 Å². The van der Waals surface area contributed by atoms with Gasteiger partial charge in [-0.1, -0.05) is 17.3 Å². The number of aromatic nitrogens is 5. The molecule has 2 heterocycles. The topological polar surface area (TPSA) is 77.6 Å². The Kier molecular flexibility index (Phi) is 5.47. The third-order valence-corrected chi connectivity index (χ3v) is 4.71. The average Bonchev–Trinajstić information content (AvgIpc) is 3.37. The second-order valence-electron chi connectivity index (χ2n) is 6.93. The first-order chi connectivity index (χ1) is 15.2. The Morgan fingerprint density at radius 1 is 1.06 bits per heavy atom. The van der Waals surface area contributed by atoms with Crippen molar-refractivity contribution in [2.75, 3.05) is 5.32 Å². The molecule has 1 N–H and O–H groups in total. The Hall–Kier alpha value is -4.02. The van der Waals surface area contributed by atoms with Crippen molar-refractivity contribution in [2.45, 2.75) is 19.6 Å². The zero-order chi connectivity index (χ0) is 22.9. The molecule has 0 aliphatic rings. The lowest BCUT2D eigenvalue weighted by molar-refractivity contribution is -0.143. The molecule has 2 aromatic carbocycles. The Bertz CT molecular complexity index is 1240. The van der Waals surface area contributed by atoms with Crippen LogP contribution in [0.4, 0.5) is 23.2 Å². The minimum Gasteiger partial charge on any atom is -0.331 e. The van der Waals surface area contributed by atoms with Gasteiger partial charge in [0, 0.05) is 24.6 Å². The summed E-state index contributed by atoms with van der Waals surface area (Å²) in [6.07, 6.45) is -1.41. The molecule has 0 aliphatic carbocycles. The zero-order valence-corrected chi connectivity index (χ0v) is 16.6. The smallest absolute Gasteiger partial charge is 0.331 e. The largest absolute Gasteiger partial charge is 0.435 e. The van der Waals surface area contributed by atoms with Gasteiger partial charge in [-0.05, 0) is 48.9 Å². The molecule has 1 amide bonds. The molecule has 0 bridgehead atoms. The molecular weight excluding hydrogens is 428 g/mol. The van der Waals surface area contributed by atoms with Crippen LogP contribution in [0.1, 0.15) is 27.6 Å². The van der Waals surface area contributed by atoms with Gasteiger partial charge in [0.15, 0.2) is 11.4 Å². The molecular formula is C21H16F4N6O. The van der Waals surface area contributed by atoms with Gasteiger partial charge in [-0.3, -0.25) is 4.79 Å². The van der Waals surface area contributed by atoms with Crippen molar-refractivity contribution < 1.29 is 22.4 Å². The number of nitrogens with zero attached hydrogens (tertiary/aromatic N) is 5. The summed E-state index contributed by atoms with van der Waals surface area (Å²) in [6.45, 7) is 2.43. The number of amides is 1. The molecule has 0 aliphatic heterocycles. The number of hydrogen-bond donors (Lipinski definition) is 1. The molecule has 4 aromatic rings. The van der Waals surface area contributed by atoms with Gasteiger partial charge in [0.05, 0.1) is 5.69 Å². The van der Waals surface area contributed by atoms with Crippen LogP contribution in [0.25, 0.3) is 5.69 Å². The van der Waals surface area contributed by atoms with Crippen molar-refractivity contribution in [3.63, 3.8) is 0 Å². The number of nitrogens with one attached hydrogen (secondary N) is 1. The Morgan fingerprint density at radius 2 is 1.75 bits per heavy atom. The summed E-state index contributed by atoms with van der Waals surface area (Å²) in [5, 5.41) is 9.30. The van der Waals surface area contributed by atoms with Gasteiger partial charge in [-0.25, -0.2) is 14.1 Å². The molecule has 0 spiro atoms. The lowest BCUT2D eigenvalue weighted by atomic mass is 10.2. The summed E-state index contributed by atoms with van der Waals surface area (Å²) in [6, 6.07) is 10.9. The highest BCUT2D eigenvalue weighted by Gasteiger charge is 2.42. The molecule has 164 valence electrons. The number of hydrogen-bond acceptors (Lipinski definition) is 4. The molecule has 0 atom stereocenters. The van der Waals surface area contributed by atoms with Gasteiger partial charge >= 0.3 is 6.18 Å². The molecule has 0 radical (unpaired) electrons. The van der Waals surface area contributed by atoms with E-state index in [1.165, 1.54) is 0 Å². The standard InChI is InChI=1S/C21H16F4N6O/c1-13-26-10-11-30(13)12-14-2-6-16(7-3-14)27-20(32)18-19(21(23,24)25)31(29-28-18)17-8-4-15(22)5-9-17/h2-11H,12H2,1H3,(H,27,32). The molecule has 0 fully saturated rings. The maximum absolute atomic E-state index is 13.7. The Morgan fingerprint density at radius 3 is 2.34 bits per heavy atom. The normalized spacial score (nSPS) is 11.5. The molecule has 0 saturated carbocycles. The van der Waals surface area contributed by atoms with E-state index in [1.807, 2.05) is 17.7 Å². The fraction of sp³-hybridized carbons (Fsp3) is 0.143. The highest BCUT2D eigenvalue weighted by Crippen LogP contribution is 2.33. The van der Waals surface area contributed by atoms with Crippen LogP contribution in [0.3, 0.4) is 0 Å². The summed E-state index contributed by atoms with van der Waals surface area (Å²) >= 11 is 0. The predicted octanol–water partition coefficient (Wildman–Crippen LogP) is 4.23. The van der Waals surface area contributed by atoms with Gasteiger partial charge in [0.25, 0.3) is 5.91 Å². The van der Waals surface area contributed by atoms with Crippen molar-refractivity contribution in [3.8, 4) is 5.69 Å². The second-order valence-corrected chi connectivity index (χ2v) is 6.93. The van der Waals surface area contributed by atoms with Crippen LogP contribution in [0.2, 0.25) is 0 Å². The fourth-order valence-electron chi connectivity index (χ4n) is 3.10. The van der Waals surface area contributed by atoms with Gasteiger partial charge in [0.2, 0.25) is 0 Å². The minimum absolute atomic E-state index is 0.0792. The number of anilines is 1. The zero-order valence-electron chi connectivity index (χ0n) is 16.6. The second kappa shape index (κ2) is 8.25. The number of imidazole rings is 1. The molecule has 0 saturated heterocycles. The van der Waals surface area contributed by atoms with Gasteiger partial charge < -0.3 is 9.88 Å². The first kappa shape index (κ1) is 21.2. The first-order valence-electron chi connectivity index (χ1n) is 9.39. The predicted molar refractivity (Wildman–Crippen MR) is 107 cm³/mol. The molecule has 4 rings (SSSR count). The molecule has 2 aromatic heterocycles. The molecule has 7 nitrogen and oxygen atoms in total. The number of rotatable bonds is 5. The average molecular weight is 444 g/mol. The third-order valence-electron chi connectivity index (χ3n) is 4.71. The van der Waals surface area contributed by atoms with Crippen LogP contribution in [-0.4, -0.2) is 30.5 Å². The van der Waals surface area contributed by atoms with Crippen molar-refractivity contribution in [1.82, 2.24) is 24.5 Å². The van der Waals surface area contributed by atoms with Crippen LogP contribution < -0.4 is 5.32 Å². The van der Waals surface area contributed by atoms with Crippen molar-refractivity contribution in [1.29, 1.82) is 0 Å². The van der Waals surface area contributed by atoms with Crippen LogP contribution in [0, 0.1) is 12.7 Å². The lowest BCUT2D eigenvalue weighted by Crippen LogP contribution is -2.21. The summed E-state index contributed by atoms with van der Waals surface area (Å²) in [7, 11) is 0.